The van der Waals surface area contributed by atoms with Gasteiger partial charge in [0.15, 0.2) is 0 Å². The molecule has 0 saturated carbocycles. The van der Waals surface area contributed by atoms with Gasteiger partial charge < -0.3 is 19.7 Å². The summed E-state index contributed by atoms with van der Waals surface area (Å²) in [6.07, 6.45) is 0. The van der Waals surface area contributed by atoms with Crippen LogP contribution in [0, 0.1) is 0 Å². The zero-order chi connectivity index (χ0) is 16.8. The van der Waals surface area contributed by atoms with Crippen LogP contribution in [-0.4, -0.2) is 35.4 Å². The van der Waals surface area contributed by atoms with Crippen molar-refractivity contribution in [2.75, 3.05) is 13.2 Å². The first-order valence-corrected chi connectivity index (χ1v) is 6.98. The van der Waals surface area contributed by atoms with Gasteiger partial charge in [-0.1, -0.05) is 23.7 Å². The number of aliphatic hydroxyl groups excluding tert-OH is 1. The highest BCUT2D eigenvalue weighted by atomic mass is 35.5. The Morgan fingerprint density at radius 2 is 1.83 bits per heavy atom. The average Bonchev–Trinajstić information content (AvgIpc) is 2.55. The number of benzene rings is 2. The predicted molar refractivity (Wildman–Crippen MR) is 81.9 cm³/mol. The Hall–Kier alpha value is -2.57. The molecule has 2 rings (SSSR count). The van der Waals surface area contributed by atoms with E-state index in [9.17, 15) is 14.7 Å². The van der Waals surface area contributed by atoms with Crippen LogP contribution in [0.2, 0.25) is 5.02 Å². The highest BCUT2D eigenvalue weighted by Crippen LogP contribution is 2.25. The Balaban J connectivity index is 2.20. The number of aliphatic hydroxyl groups is 1. The van der Waals surface area contributed by atoms with Crippen LogP contribution in [0.15, 0.2) is 42.5 Å². The van der Waals surface area contributed by atoms with Crippen molar-refractivity contribution in [1.29, 1.82) is 0 Å². The van der Waals surface area contributed by atoms with E-state index in [0.29, 0.717) is 0 Å². The van der Waals surface area contributed by atoms with E-state index in [1.165, 1.54) is 30.3 Å². The molecule has 0 unspecified atom stereocenters. The number of hydrogen-bond acceptors (Lipinski definition) is 6. The quantitative estimate of drug-likeness (QED) is 0.643. The largest absolute Gasteiger partial charge is 0.506 e. The molecular formula is C16H13ClO6. The minimum absolute atomic E-state index is 0.00934. The van der Waals surface area contributed by atoms with Crippen molar-refractivity contribution in [1.82, 2.24) is 0 Å². The van der Waals surface area contributed by atoms with E-state index in [-0.39, 0.29) is 40.9 Å². The van der Waals surface area contributed by atoms with Crippen molar-refractivity contribution in [2.24, 2.45) is 0 Å². The van der Waals surface area contributed by atoms with Crippen molar-refractivity contribution in [3.63, 3.8) is 0 Å². The van der Waals surface area contributed by atoms with Crippen molar-refractivity contribution in [3.8, 4) is 11.5 Å². The number of carbonyl (C=O) groups is 2. The maximum atomic E-state index is 12.1. The van der Waals surface area contributed by atoms with Gasteiger partial charge in [-0.3, -0.25) is 0 Å². The summed E-state index contributed by atoms with van der Waals surface area (Å²) >= 11 is 5.74. The van der Waals surface area contributed by atoms with Crippen LogP contribution in [0.25, 0.3) is 0 Å². The number of aromatic hydroxyl groups is 1. The molecule has 0 aromatic heterocycles. The number of rotatable bonds is 5. The highest BCUT2D eigenvalue weighted by molar-refractivity contribution is 6.32. The number of carbonyl (C=O) groups excluding carboxylic acids is 2. The molecule has 0 heterocycles. The maximum Gasteiger partial charge on any atom is 0.343 e. The fraction of sp³-hybridized carbons (Fsp3) is 0.125. The predicted octanol–water partition coefficient (Wildman–Crippen LogP) is 2.41. The molecule has 0 aliphatic heterocycles. The van der Waals surface area contributed by atoms with Crippen LogP contribution in [0.1, 0.15) is 20.7 Å². The second-order valence-corrected chi connectivity index (χ2v) is 4.82. The van der Waals surface area contributed by atoms with Gasteiger partial charge in [0, 0.05) is 0 Å². The maximum absolute atomic E-state index is 12.1. The summed E-state index contributed by atoms with van der Waals surface area (Å²) in [4.78, 5) is 24.0. The molecular weight excluding hydrogens is 324 g/mol. The number of phenols is 1. The third-order valence-electron chi connectivity index (χ3n) is 2.82. The normalized spacial score (nSPS) is 10.2. The Kier molecular flexibility index (Phi) is 5.56. The fourth-order valence-corrected chi connectivity index (χ4v) is 1.91. The second-order valence-electron chi connectivity index (χ2n) is 4.41. The van der Waals surface area contributed by atoms with Gasteiger partial charge >= 0.3 is 11.9 Å². The molecule has 6 nitrogen and oxygen atoms in total. The lowest BCUT2D eigenvalue weighted by Gasteiger charge is -2.10. The first-order valence-electron chi connectivity index (χ1n) is 6.60. The van der Waals surface area contributed by atoms with Gasteiger partial charge in [-0.2, -0.15) is 0 Å². The monoisotopic (exact) mass is 336 g/mol. The summed E-state index contributed by atoms with van der Waals surface area (Å²) in [5, 5.41) is 18.0. The van der Waals surface area contributed by atoms with Gasteiger partial charge in [-0.05, 0) is 30.3 Å². The average molecular weight is 337 g/mol. The molecule has 120 valence electrons. The third-order valence-corrected chi connectivity index (χ3v) is 3.12. The van der Waals surface area contributed by atoms with Gasteiger partial charge in [-0.25, -0.2) is 9.59 Å². The number of esters is 2. The highest BCUT2D eigenvalue weighted by Gasteiger charge is 2.17. The van der Waals surface area contributed by atoms with Gasteiger partial charge in [0.05, 0.1) is 17.2 Å². The summed E-state index contributed by atoms with van der Waals surface area (Å²) in [5.41, 5.74) is 0.172. The lowest BCUT2D eigenvalue weighted by molar-refractivity contribution is 0.0429. The van der Waals surface area contributed by atoms with Crippen LogP contribution in [0.3, 0.4) is 0 Å². The Labute approximate surface area is 136 Å². The number of ether oxygens (including phenoxy) is 2. The topological polar surface area (TPSA) is 93.1 Å². The van der Waals surface area contributed by atoms with Crippen molar-refractivity contribution in [3.05, 3.63) is 58.6 Å². The molecule has 0 amide bonds. The lowest BCUT2D eigenvalue weighted by atomic mass is 10.2. The Morgan fingerprint density at radius 3 is 2.52 bits per heavy atom. The summed E-state index contributed by atoms with van der Waals surface area (Å²) in [6.45, 7) is -0.464. The van der Waals surface area contributed by atoms with Crippen LogP contribution < -0.4 is 4.74 Å². The van der Waals surface area contributed by atoms with E-state index in [0.717, 1.165) is 0 Å². The van der Waals surface area contributed by atoms with E-state index < -0.39 is 11.9 Å². The lowest BCUT2D eigenvalue weighted by Crippen LogP contribution is -2.14. The molecule has 0 aliphatic rings. The van der Waals surface area contributed by atoms with E-state index in [4.69, 9.17) is 26.2 Å². The summed E-state index contributed by atoms with van der Waals surface area (Å²) in [5.74, 6) is -1.60. The van der Waals surface area contributed by atoms with Crippen LogP contribution in [-0.2, 0) is 4.74 Å². The van der Waals surface area contributed by atoms with E-state index in [1.807, 2.05) is 0 Å². The summed E-state index contributed by atoms with van der Waals surface area (Å²) in [7, 11) is 0. The fourth-order valence-electron chi connectivity index (χ4n) is 1.73. The minimum Gasteiger partial charge on any atom is -0.506 e. The molecule has 2 aromatic carbocycles. The van der Waals surface area contributed by atoms with E-state index in [1.54, 1.807) is 12.1 Å². The molecule has 7 heteroatoms. The number of para-hydroxylation sites is 1. The summed E-state index contributed by atoms with van der Waals surface area (Å²) in [6, 6.07) is 9.92. The molecule has 23 heavy (non-hydrogen) atoms. The van der Waals surface area contributed by atoms with Crippen LogP contribution >= 0.6 is 11.6 Å². The van der Waals surface area contributed by atoms with Gasteiger partial charge in [-0.15, -0.1) is 0 Å². The Bertz CT molecular complexity index is 728. The first kappa shape index (κ1) is 16.8. The molecule has 0 radical (unpaired) electrons. The first-order chi connectivity index (χ1) is 11.0. The number of halogens is 1. The molecule has 0 atom stereocenters. The second kappa shape index (κ2) is 7.62. The van der Waals surface area contributed by atoms with Crippen LogP contribution in [0.4, 0.5) is 0 Å². The minimum atomic E-state index is -0.741. The molecule has 2 N–H and O–H groups in total. The van der Waals surface area contributed by atoms with Crippen molar-refractivity contribution >= 4 is 23.5 Å². The van der Waals surface area contributed by atoms with Gasteiger partial charge in [0.2, 0.25) is 0 Å². The smallest absolute Gasteiger partial charge is 0.343 e. The number of hydrogen-bond donors (Lipinski definition) is 2. The molecule has 0 spiro atoms. The van der Waals surface area contributed by atoms with Crippen molar-refractivity contribution in [2.45, 2.75) is 0 Å². The molecule has 0 saturated heterocycles. The summed E-state index contributed by atoms with van der Waals surface area (Å²) < 4.78 is 9.99. The van der Waals surface area contributed by atoms with Gasteiger partial charge in [0.1, 0.15) is 23.7 Å². The molecule has 0 fully saturated rings. The third kappa shape index (κ3) is 4.21. The Morgan fingerprint density at radius 1 is 1.09 bits per heavy atom. The van der Waals surface area contributed by atoms with E-state index in [2.05, 4.69) is 0 Å². The number of phenolic OH excluding ortho intramolecular Hbond substituents is 1. The van der Waals surface area contributed by atoms with Gasteiger partial charge in [0.25, 0.3) is 0 Å². The van der Waals surface area contributed by atoms with Crippen molar-refractivity contribution < 1.29 is 29.3 Å². The zero-order valence-corrected chi connectivity index (χ0v) is 12.6. The van der Waals surface area contributed by atoms with E-state index >= 15 is 0 Å². The molecule has 0 bridgehead atoms. The molecule has 0 aliphatic carbocycles. The SMILES string of the molecule is O=C(Oc1ccccc1C(=O)OCCO)c1ccc(O)c(Cl)c1. The van der Waals surface area contributed by atoms with Crippen LogP contribution in [0.5, 0.6) is 11.5 Å². The zero-order valence-electron chi connectivity index (χ0n) is 11.9. The standard InChI is InChI=1S/C16H13ClO6/c17-12-9-10(5-6-13(12)19)15(20)23-14-4-2-1-3-11(14)16(21)22-8-7-18/h1-6,9,18-19H,7-8H2. The molecule has 2 aromatic rings.